The van der Waals surface area contributed by atoms with Gasteiger partial charge in [0.1, 0.15) is 0 Å². The number of aryl methyl sites for hydroxylation is 1. The number of nitrogens with zero attached hydrogens (tertiary/aromatic N) is 1. The SMILES string of the molecule is Cc1nc(NC(=O)C2CCC(N)C2)sc1Cc1ccccc1Cl.Cl. The molecule has 0 saturated heterocycles. The summed E-state index contributed by atoms with van der Waals surface area (Å²) in [7, 11) is 0. The predicted octanol–water partition coefficient (Wildman–Crippen LogP) is 4.18. The number of amides is 1. The number of thiazole rings is 1. The maximum Gasteiger partial charge on any atom is 0.229 e. The Bertz CT molecular complexity index is 720. The van der Waals surface area contributed by atoms with Crippen molar-refractivity contribution >= 4 is 46.4 Å². The van der Waals surface area contributed by atoms with E-state index >= 15 is 0 Å². The Hall–Kier alpha value is -1.14. The number of nitrogens with one attached hydrogen (secondary N) is 1. The summed E-state index contributed by atoms with van der Waals surface area (Å²) in [6, 6.07) is 7.95. The topological polar surface area (TPSA) is 68.0 Å². The van der Waals surface area contributed by atoms with Crippen LogP contribution in [0.4, 0.5) is 5.13 Å². The lowest BCUT2D eigenvalue weighted by atomic mass is 10.1. The van der Waals surface area contributed by atoms with Gasteiger partial charge in [0.05, 0.1) is 5.69 Å². The van der Waals surface area contributed by atoms with Crippen molar-refractivity contribution < 1.29 is 4.79 Å². The number of rotatable bonds is 4. The molecule has 3 rings (SSSR count). The minimum atomic E-state index is 0. The van der Waals surface area contributed by atoms with Gasteiger partial charge in [-0.1, -0.05) is 29.8 Å². The largest absolute Gasteiger partial charge is 0.328 e. The molecule has 2 unspecified atom stereocenters. The highest BCUT2D eigenvalue weighted by Gasteiger charge is 2.28. The van der Waals surface area contributed by atoms with Gasteiger partial charge < -0.3 is 11.1 Å². The number of carbonyl (C=O) groups is 1. The summed E-state index contributed by atoms with van der Waals surface area (Å²) in [5.41, 5.74) is 7.89. The van der Waals surface area contributed by atoms with Crippen molar-refractivity contribution in [2.24, 2.45) is 11.7 Å². The molecule has 0 spiro atoms. The molecule has 0 radical (unpaired) electrons. The Morgan fingerprint density at radius 1 is 1.42 bits per heavy atom. The first kappa shape index (κ1) is 19.2. The van der Waals surface area contributed by atoms with Crippen LogP contribution >= 0.6 is 35.3 Å². The second kappa shape index (κ2) is 8.30. The molecule has 1 aromatic carbocycles. The van der Waals surface area contributed by atoms with Crippen LogP contribution in [0.3, 0.4) is 0 Å². The van der Waals surface area contributed by atoms with E-state index < -0.39 is 0 Å². The van der Waals surface area contributed by atoms with Gasteiger partial charge in [-0.15, -0.1) is 23.7 Å². The molecule has 1 heterocycles. The lowest BCUT2D eigenvalue weighted by molar-refractivity contribution is -0.119. The van der Waals surface area contributed by atoms with E-state index in [0.717, 1.165) is 46.8 Å². The Balaban J connectivity index is 0.00000208. The molecule has 0 aliphatic heterocycles. The maximum atomic E-state index is 12.3. The zero-order chi connectivity index (χ0) is 16.4. The summed E-state index contributed by atoms with van der Waals surface area (Å²) in [6.07, 6.45) is 3.28. The van der Waals surface area contributed by atoms with Crippen molar-refractivity contribution in [1.29, 1.82) is 0 Å². The van der Waals surface area contributed by atoms with E-state index in [-0.39, 0.29) is 30.3 Å². The minimum absolute atomic E-state index is 0. The van der Waals surface area contributed by atoms with E-state index in [0.29, 0.717) is 5.13 Å². The average Bonchev–Trinajstić information content (AvgIpc) is 3.08. The zero-order valence-corrected chi connectivity index (χ0v) is 15.8. The summed E-state index contributed by atoms with van der Waals surface area (Å²) in [6.45, 7) is 1.96. The van der Waals surface area contributed by atoms with Crippen LogP contribution < -0.4 is 11.1 Å². The van der Waals surface area contributed by atoms with Crippen molar-refractivity contribution in [3.8, 4) is 0 Å². The Labute approximate surface area is 157 Å². The van der Waals surface area contributed by atoms with Crippen molar-refractivity contribution in [1.82, 2.24) is 4.98 Å². The van der Waals surface area contributed by atoms with Crippen LogP contribution in [0.2, 0.25) is 5.02 Å². The third-order valence-electron chi connectivity index (χ3n) is 4.28. The van der Waals surface area contributed by atoms with Crippen molar-refractivity contribution in [3.05, 3.63) is 45.4 Å². The summed E-state index contributed by atoms with van der Waals surface area (Å²) >= 11 is 7.74. The number of hydrogen-bond acceptors (Lipinski definition) is 4. The zero-order valence-electron chi connectivity index (χ0n) is 13.4. The highest BCUT2D eigenvalue weighted by Crippen LogP contribution is 2.30. The number of benzene rings is 1. The molecule has 0 bridgehead atoms. The van der Waals surface area contributed by atoms with Crippen LogP contribution in [0.15, 0.2) is 24.3 Å². The third kappa shape index (κ3) is 4.48. The van der Waals surface area contributed by atoms with E-state index in [1.54, 1.807) is 0 Å². The highest BCUT2D eigenvalue weighted by atomic mass is 35.5. The van der Waals surface area contributed by atoms with Crippen LogP contribution in [0.5, 0.6) is 0 Å². The monoisotopic (exact) mass is 385 g/mol. The molecular formula is C17H21Cl2N3OS. The summed E-state index contributed by atoms with van der Waals surface area (Å²) in [5, 5.41) is 4.36. The number of hydrogen-bond donors (Lipinski definition) is 2. The number of anilines is 1. The quantitative estimate of drug-likeness (QED) is 0.828. The van der Waals surface area contributed by atoms with Gasteiger partial charge in [0.2, 0.25) is 5.91 Å². The molecule has 1 saturated carbocycles. The van der Waals surface area contributed by atoms with Gasteiger partial charge in [-0.05, 0) is 37.8 Å². The number of halogens is 2. The standard InChI is InChI=1S/C17H20ClN3OS.ClH/c1-10-15(9-11-4-2-3-5-14(11)18)23-17(20-10)21-16(22)12-6-7-13(19)8-12;/h2-5,12-13H,6-9,19H2,1H3,(H,20,21,22);1H. The van der Waals surface area contributed by atoms with Gasteiger partial charge in [-0.3, -0.25) is 4.79 Å². The van der Waals surface area contributed by atoms with Gasteiger partial charge in [0, 0.05) is 28.3 Å². The maximum absolute atomic E-state index is 12.3. The van der Waals surface area contributed by atoms with Crippen LogP contribution in [-0.2, 0) is 11.2 Å². The molecule has 2 atom stereocenters. The van der Waals surface area contributed by atoms with E-state index in [1.165, 1.54) is 11.3 Å². The predicted molar refractivity (Wildman–Crippen MR) is 102 cm³/mol. The fourth-order valence-electron chi connectivity index (χ4n) is 2.92. The summed E-state index contributed by atoms with van der Waals surface area (Å²) in [4.78, 5) is 17.9. The molecule has 1 fully saturated rings. The van der Waals surface area contributed by atoms with Crippen LogP contribution in [-0.4, -0.2) is 16.9 Å². The molecule has 4 nitrogen and oxygen atoms in total. The molecule has 130 valence electrons. The number of carbonyl (C=O) groups excluding carboxylic acids is 1. The Kier molecular flexibility index (Phi) is 6.63. The lowest BCUT2D eigenvalue weighted by Gasteiger charge is -2.08. The Morgan fingerprint density at radius 2 is 2.17 bits per heavy atom. The van der Waals surface area contributed by atoms with Gasteiger partial charge in [0.25, 0.3) is 0 Å². The van der Waals surface area contributed by atoms with E-state index in [9.17, 15) is 4.79 Å². The molecule has 1 amide bonds. The molecule has 2 aromatic rings. The first-order valence-corrected chi connectivity index (χ1v) is 8.98. The average molecular weight is 386 g/mol. The smallest absolute Gasteiger partial charge is 0.229 e. The lowest BCUT2D eigenvalue weighted by Crippen LogP contribution is -2.23. The van der Waals surface area contributed by atoms with Crippen LogP contribution in [0, 0.1) is 12.8 Å². The fraction of sp³-hybridized carbons (Fsp3) is 0.412. The second-order valence-corrected chi connectivity index (χ2v) is 7.55. The van der Waals surface area contributed by atoms with E-state index in [4.69, 9.17) is 17.3 Å². The number of nitrogens with two attached hydrogens (primary N) is 1. The highest BCUT2D eigenvalue weighted by molar-refractivity contribution is 7.15. The third-order valence-corrected chi connectivity index (χ3v) is 5.72. The van der Waals surface area contributed by atoms with Crippen molar-refractivity contribution in [2.45, 2.75) is 38.6 Å². The molecule has 24 heavy (non-hydrogen) atoms. The normalized spacial score (nSPS) is 19.8. The van der Waals surface area contributed by atoms with Gasteiger partial charge >= 0.3 is 0 Å². The molecule has 1 aliphatic rings. The Morgan fingerprint density at radius 3 is 2.83 bits per heavy atom. The fourth-order valence-corrected chi connectivity index (χ4v) is 4.11. The van der Waals surface area contributed by atoms with Crippen molar-refractivity contribution in [3.63, 3.8) is 0 Å². The first-order valence-electron chi connectivity index (χ1n) is 7.79. The van der Waals surface area contributed by atoms with E-state index in [1.807, 2.05) is 31.2 Å². The molecule has 1 aliphatic carbocycles. The minimum Gasteiger partial charge on any atom is -0.328 e. The molecule has 1 aromatic heterocycles. The number of aromatic nitrogens is 1. The molecule has 7 heteroatoms. The van der Waals surface area contributed by atoms with Crippen LogP contribution in [0.25, 0.3) is 0 Å². The van der Waals surface area contributed by atoms with Gasteiger partial charge in [-0.2, -0.15) is 0 Å². The van der Waals surface area contributed by atoms with Crippen molar-refractivity contribution in [2.75, 3.05) is 5.32 Å². The first-order chi connectivity index (χ1) is 11.0. The van der Waals surface area contributed by atoms with Gasteiger partial charge in [0.15, 0.2) is 5.13 Å². The van der Waals surface area contributed by atoms with E-state index in [2.05, 4.69) is 10.3 Å². The van der Waals surface area contributed by atoms with Gasteiger partial charge in [-0.25, -0.2) is 4.98 Å². The van der Waals surface area contributed by atoms with Crippen LogP contribution in [0.1, 0.15) is 35.4 Å². The summed E-state index contributed by atoms with van der Waals surface area (Å²) < 4.78 is 0. The summed E-state index contributed by atoms with van der Waals surface area (Å²) in [5.74, 6) is 0.0530. The molecule has 3 N–H and O–H groups in total. The molecular weight excluding hydrogens is 365 g/mol. The second-order valence-electron chi connectivity index (χ2n) is 6.06.